The van der Waals surface area contributed by atoms with Crippen LogP contribution >= 0.6 is 0 Å². The molecule has 1 rings (SSSR count). The number of nitrogens with zero attached hydrogens (tertiary/aromatic N) is 2. The smallest absolute Gasteiger partial charge is 0.0638 e. The topological polar surface area (TPSA) is 47.3 Å². The molecule has 1 fully saturated rings. The summed E-state index contributed by atoms with van der Waals surface area (Å²) in [4.78, 5) is 2.31. The van der Waals surface area contributed by atoms with E-state index >= 15 is 0 Å². The predicted octanol–water partition coefficient (Wildman–Crippen LogP) is 1.53. The van der Waals surface area contributed by atoms with Crippen LogP contribution in [0.1, 0.15) is 39.5 Å². The van der Waals surface area contributed by atoms with Crippen LogP contribution in [0.5, 0.6) is 0 Å². The van der Waals surface area contributed by atoms with E-state index in [2.05, 4.69) is 17.9 Å². The van der Waals surface area contributed by atoms with Crippen molar-refractivity contribution in [1.29, 1.82) is 5.26 Å². The maximum atomic E-state index is 9.89. The Kier molecular flexibility index (Phi) is 3.91. The highest BCUT2D eigenvalue weighted by Crippen LogP contribution is 2.22. The number of nitriles is 1. The maximum Gasteiger partial charge on any atom is 0.0638 e. The molecule has 1 saturated heterocycles. The number of hydrogen-bond donors (Lipinski definition) is 1. The van der Waals surface area contributed by atoms with Crippen LogP contribution in [-0.4, -0.2) is 34.7 Å². The summed E-state index contributed by atoms with van der Waals surface area (Å²) in [6, 6.07) is 2.53. The molecule has 80 valence electrons. The van der Waals surface area contributed by atoms with Crippen LogP contribution in [-0.2, 0) is 0 Å². The van der Waals surface area contributed by atoms with E-state index in [4.69, 9.17) is 5.26 Å². The summed E-state index contributed by atoms with van der Waals surface area (Å²) in [5.74, 6) is 0. The molecule has 0 aromatic carbocycles. The van der Waals surface area contributed by atoms with Crippen LogP contribution in [0.4, 0.5) is 0 Å². The molecule has 0 saturated carbocycles. The summed E-state index contributed by atoms with van der Waals surface area (Å²) in [7, 11) is 0. The third kappa shape index (κ3) is 3.28. The quantitative estimate of drug-likeness (QED) is 0.728. The lowest BCUT2D eigenvalue weighted by atomic mass is 9.98. The van der Waals surface area contributed by atoms with Crippen LogP contribution in [0.3, 0.4) is 0 Å². The second-order valence-electron chi connectivity index (χ2n) is 4.60. The van der Waals surface area contributed by atoms with Gasteiger partial charge in [0.25, 0.3) is 0 Å². The van der Waals surface area contributed by atoms with Gasteiger partial charge in [-0.2, -0.15) is 5.26 Å². The van der Waals surface area contributed by atoms with Crippen LogP contribution in [0.25, 0.3) is 0 Å². The Labute approximate surface area is 86.3 Å². The summed E-state index contributed by atoms with van der Waals surface area (Å²) < 4.78 is 0. The van der Waals surface area contributed by atoms with Crippen molar-refractivity contribution in [2.24, 2.45) is 0 Å². The van der Waals surface area contributed by atoms with Crippen molar-refractivity contribution in [3.8, 4) is 6.07 Å². The lowest BCUT2D eigenvalue weighted by Gasteiger charge is -2.26. The highest BCUT2D eigenvalue weighted by Gasteiger charge is 2.26. The van der Waals surface area contributed by atoms with Gasteiger partial charge in [0.05, 0.1) is 18.1 Å². The molecule has 3 heteroatoms. The molecule has 0 radical (unpaired) electrons. The molecular weight excluding hydrogens is 176 g/mol. The fourth-order valence-corrected chi connectivity index (χ4v) is 1.99. The molecule has 0 spiro atoms. The molecular formula is C11H20N2O. The van der Waals surface area contributed by atoms with Gasteiger partial charge in [0, 0.05) is 12.6 Å². The molecule has 0 aromatic heterocycles. The first-order valence-electron chi connectivity index (χ1n) is 5.38. The number of likely N-dealkylation sites (tertiary alicyclic amines) is 1. The van der Waals surface area contributed by atoms with E-state index in [1.807, 2.05) is 6.92 Å². The molecule has 2 unspecified atom stereocenters. The normalized spacial score (nSPS) is 31.9. The number of aliphatic hydroxyl groups is 1. The summed E-state index contributed by atoms with van der Waals surface area (Å²) in [6.45, 7) is 5.92. The van der Waals surface area contributed by atoms with Gasteiger partial charge in [0.15, 0.2) is 0 Å². The summed E-state index contributed by atoms with van der Waals surface area (Å²) in [5, 5.41) is 18.5. The van der Waals surface area contributed by atoms with Crippen molar-refractivity contribution >= 4 is 0 Å². The predicted molar refractivity (Wildman–Crippen MR) is 55.7 cm³/mol. The first-order valence-corrected chi connectivity index (χ1v) is 5.38. The van der Waals surface area contributed by atoms with E-state index in [1.165, 1.54) is 0 Å². The lowest BCUT2D eigenvalue weighted by Crippen LogP contribution is -2.35. The third-order valence-corrected chi connectivity index (χ3v) is 3.11. The Bertz CT molecular complexity index is 220. The van der Waals surface area contributed by atoms with Crippen LogP contribution in [0.15, 0.2) is 0 Å². The minimum atomic E-state index is -0.499. The Hall–Kier alpha value is -0.590. The van der Waals surface area contributed by atoms with Crippen molar-refractivity contribution in [2.45, 2.75) is 51.2 Å². The van der Waals surface area contributed by atoms with Gasteiger partial charge in [-0.05, 0) is 39.7 Å². The monoisotopic (exact) mass is 196 g/mol. The summed E-state index contributed by atoms with van der Waals surface area (Å²) in [6.07, 6.45) is 3.32. The van der Waals surface area contributed by atoms with Gasteiger partial charge in [0.1, 0.15) is 0 Å². The minimum Gasteiger partial charge on any atom is -0.390 e. The van der Waals surface area contributed by atoms with Gasteiger partial charge in [-0.15, -0.1) is 0 Å². The van der Waals surface area contributed by atoms with Crippen molar-refractivity contribution in [1.82, 2.24) is 4.90 Å². The van der Waals surface area contributed by atoms with E-state index in [9.17, 15) is 5.11 Å². The Morgan fingerprint density at radius 3 is 2.86 bits per heavy atom. The van der Waals surface area contributed by atoms with Gasteiger partial charge in [-0.3, -0.25) is 4.90 Å². The molecule has 1 aliphatic rings. The van der Waals surface area contributed by atoms with Gasteiger partial charge >= 0.3 is 0 Å². The SMILES string of the molecule is CC(CC#N)N1CCCC(C)(O)CC1. The van der Waals surface area contributed by atoms with Gasteiger partial charge < -0.3 is 5.11 Å². The molecule has 2 atom stereocenters. The van der Waals surface area contributed by atoms with Crippen LogP contribution in [0.2, 0.25) is 0 Å². The average Bonchev–Trinajstić information content (AvgIpc) is 2.27. The molecule has 0 bridgehead atoms. The summed E-state index contributed by atoms with van der Waals surface area (Å²) >= 11 is 0. The average molecular weight is 196 g/mol. The van der Waals surface area contributed by atoms with Crippen molar-refractivity contribution in [3.05, 3.63) is 0 Å². The second-order valence-corrected chi connectivity index (χ2v) is 4.60. The third-order valence-electron chi connectivity index (χ3n) is 3.11. The van der Waals surface area contributed by atoms with Gasteiger partial charge in [-0.1, -0.05) is 0 Å². The molecule has 0 aromatic rings. The van der Waals surface area contributed by atoms with E-state index in [-0.39, 0.29) is 0 Å². The fraction of sp³-hybridized carbons (Fsp3) is 0.909. The molecule has 1 N–H and O–H groups in total. The Morgan fingerprint density at radius 2 is 2.21 bits per heavy atom. The van der Waals surface area contributed by atoms with E-state index < -0.39 is 5.60 Å². The molecule has 1 aliphatic heterocycles. The number of hydrogen-bond acceptors (Lipinski definition) is 3. The van der Waals surface area contributed by atoms with E-state index in [0.29, 0.717) is 12.5 Å². The zero-order valence-corrected chi connectivity index (χ0v) is 9.16. The molecule has 0 amide bonds. The Balaban J connectivity index is 2.46. The molecule has 3 nitrogen and oxygen atoms in total. The zero-order chi connectivity index (χ0) is 10.6. The molecule has 0 aliphatic carbocycles. The van der Waals surface area contributed by atoms with Gasteiger partial charge in [-0.25, -0.2) is 0 Å². The summed E-state index contributed by atoms with van der Waals surface area (Å²) in [5.41, 5.74) is -0.499. The largest absolute Gasteiger partial charge is 0.390 e. The van der Waals surface area contributed by atoms with Crippen LogP contribution < -0.4 is 0 Å². The molecule has 14 heavy (non-hydrogen) atoms. The van der Waals surface area contributed by atoms with E-state index in [0.717, 1.165) is 32.4 Å². The van der Waals surface area contributed by atoms with Crippen molar-refractivity contribution in [3.63, 3.8) is 0 Å². The highest BCUT2D eigenvalue weighted by atomic mass is 16.3. The first-order chi connectivity index (χ1) is 6.55. The maximum absolute atomic E-state index is 9.89. The van der Waals surface area contributed by atoms with Crippen LogP contribution in [0, 0.1) is 11.3 Å². The minimum absolute atomic E-state index is 0.328. The second kappa shape index (κ2) is 4.77. The van der Waals surface area contributed by atoms with Crippen molar-refractivity contribution in [2.75, 3.05) is 13.1 Å². The highest BCUT2D eigenvalue weighted by molar-refractivity contribution is 4.84. The fourth-order valence-electron chi connectivity index (χ4n) is 1.99. The van der Waals surface area contributed by atoms with Crippen molar-refractivity contribution < 1.29 is 5.11 Å². The lowest BCUT2D eigenvalue weighted by molar-refractivity contribution is 0.0434. The zero-order valence-electron chi connectivity index (χ0n) is 9.16. The van der Waals surface area contributed by atoms with Gasteiger partial charge in [0.2, 0.25) is 0 Å². The number of rotatable bonds is 2. The molecule has 1 heterocycles. The Morgan fingerprint density at radius 1 is 1.50 bits per heavy atom. The standard InChI is InChI=1S/C11H20N2O/c1-10(4-7-12)13-8-3-5-11(2,14)6-9-13/h10,14H,3-6,8-9H2,1-2H3. The first kappa shape index (κ1) is 11.5. The van der Waals surface area contributed by atoms with E-state index in [1.54, 1.807) is 0 Å².